The second-order valence-corrected chi connectivity index (χ2v) is 7.69. The Labute approximate surface area is 128 Å². The van der Waals surface area contributed by atoms with Crippen molar-refractivity contribution in [2.75, 3.05) is 0 Å². The number of rotatable bonds is 1. The zero-order valence-corrected chi connectivity index (χ0v) is 13.8. The van der Waals surface area contributed by atoms with E-state index in [0.29, 0.717) is 0 Å². The van der Waals surface area contributed by atoms with E-state index in [-0.39, 0.29) is 10.8 Å². The standard InChI is InChI=1S/C20H25N/c1-14-7-6-8-18(21-14)15-9-10-16-17(13-15)20(4,5)12-11-19(16,2)3/h6-10,13H,11-12H2,1-5H3. The molecule has 0 aliphatic heterocycles. The van der Waals surface area contributed by atoms with Crippen LogP contribution >= 0.6 is 0 Å². The second kappa shape index (κ2) is 4.69. The molecular weight excluding hydrogens is 254 g/mol. The number of pyridine rings is 1. The van der Waals surface area contributed by atoms with E-state index in [1.54, 1.807) is 0 Å². The summed E-state index contributed by atoms with van der Waals surface area (Å²) >= 11 is 0. The number of nitrogens with zero attached hydrogens (tertiary/aromatic N) is 1. The van der Waals surface area contributed by atoms with E-state index in [1.165, 1.54) is 29.5 Å². The van der Waals surface area contributed by atoms with Crippen molar-refractivity contribution in [3.8, 4) is 11.3 Å². The lowest BCUT2D eigenvalue weighted by molar-refractivity contribution is 0.332. The molecule has 1 aromatic heterocycles. The Morgan fingerprint density at radius 1 is 0.857 bits per heavy atom. The van der Waals surface area contributed by atoms with Crippen LogP contribution in [0.2, 0.25) is 0 Å². The highest BCUT2D eigenvalue weighted by molar-refractivity contribution is 5.63. The molecule has 1 heterocycles. The van der Waals surface area contributed by atoms with Gasteiger partial charge in [-0.1, -0.05) is 45.9 Å². The van der Waals surface area contributed by atoms with Crippen LogP contribution < -0.4 is 0 Å². The summed E-state index contributed by atoms with van der Waals surface area (Å²) in [7, 11) is 0. The van der Waals surface area contributed by atoms with Gasteiger partial charge in [-0.3, -0.25) is 4.98 Å². The minimum absolute atomic E-state index is 0.255. The summed E-state index contributed by atoms with van der Waals surface area (Å²) in [5.74, 6) is 0. The molecule has 2 aromatic rings. The van der Waals surface area contributed by atoms with E-state index >= 15 is 0 Å². The average Bonchev–Trinajstić information content (AvgIpc) is 2.44. The SMILES string of the molecule is Cc1cccc(-c2ccc3c(c2)C(C)(C)CCC3(C)C)n1. The summed E-state index contributed by atoms with van der Waals surface area (Å²) in [5, 5.41) is 0. The van der Waals surface area contributed by atoms with Crippen LogP contribution in [0.15, 0.2) is 36.4 Å². The van der Waals surface area contributed by atoms with Gasteiger partial charge in [0.2, 0.25) is 0 Å². The Morgan fingerprint density at radius 3 is 2.19 bits per heavy atom. The van der Waals surface area contributed by atoms with Crippen molar-refractivity contribution in [3.05, 3.63) is 53.2 Å². The molecule has 0 unspecified atom stereocenters. The van der Waals surface area contributed by atoms with Crippen LogP contribution in [0, 0.1) is 6.92 Å². The molecule has 0 fully saturated rings. The summed E-state index contributed by atoms with van der Waals surface area (Å²) in [4.78, 5) is 4.68. The molecule has 1 aromatic carbocycles. The molecule has 0 spiro atoms. The second-order valence-electron chi connectivity index (χ2n) is 7.69. The highest BCUT2D eigenvalue weighted by Crippen LogP contribution is 2.46. The molecule has 0 amide bonds. The summed E-state index contributed by atoms with van der Waals surface area (Å²) < 4.78 is 0. The molecule has 1 heteroatoms. The first-order valence-electron chi connectivity index (χ1n) is 7.89. The highest BCUT2D eigenvalue weighted by atomic mass is 14.7. The average molecular weight is 279 g/mol. The molecule has 1 aliphatic carbocycles. The first-order chi connectivity index (χ1) is 9.79. The monoisotopic (exact) mass is 279 g/mol. The Morgan fingerprint density at radius 2 is 1.52 bits per heavy atom. The van der Waals surface area contributed by atoms with Gasteiger partial charge in [0.1, 0.15) is 0 Å². The maximum Gasteiger partial charge on any atom is 0.0705 e. The first kappa shape index (κ1) is 14.3. The van der Waals surface area contributed by atoms with E-state index in [2.05, 4.69) is 76.0 Å². The molecule has 0 N–H and O–H groups in total. The van der Waals surface area contributed by atoms with Crippen LogP contribution in [0.3, 0.4) is 0 Å². The van der Waals surface area contributed by atoms with Gasteiger partial charge >= 0.3 is 0 Å². The lowest BCUT2D eigenvalue weighted by Gasteiger charge is -2.42. The van der Waals surface area contributed by atoms with Crippen LogP contribution in [0.4, 0.5) is 0 Å². The summed E-state index contributed by atoms with van der Waals surface area (Å²) in [6, 6.07) is 13.2. The number of aryl methyl sites for hydroxylation is 1. The maximum atomic E-state index is 4.68. The van der Waals surface area contributed by atoms with Gasteiger partial charge < -0.3 is 0 Å². The van der Waals surface area contributed by atoms with Crippen molar-refractivity contribution in [1.29, 1.82) is 0 Å². The Hall–Kier alpha value is -1.63. The van der Waals surface area contributed by atoms with Crippen molar-refractivity contribution in [3.63, 3.8) is 0 Å². The van der Waals surface area contributed by atoms with Crippen molar-refractivity contribution in [2.24, 2.45) is 0 Å². The van der Waals surface area contributed by atoms with Crippen LogP contribution in [-0.4, -0.2) is 4.98 Å². The minimum Gasteiger partial charge on any atom is -0.253 e. The van der Waals surface area contributed by atoms with Gasteiger partial charge in [-0.15, -0.1) is 0 Å². The van der Waals surface area contributed by atoms with Gasteiger partial charge in [0, 0.05) is 11.3 Å². The van der Waals surface area contributed by atoms with Crippen LogP contribution in [-0.2, 0) is 10.8 Å². The van der Waals surface area contributed by atoms with E-state index < -0.39 is 0 Å². The molecule has 0 radical (unpaired) electrons. The largest absolute Gasteiger partial charge is 0.253 e. The predicted octanol–water partition coefficient (Wildman–Crippen LogP) is 5.41. The summed E-state index contributed by atoms with van der Waals surface area (Å²) in [6.45, 7) is 11.5. The summed E-state index contributed by atoms with van der Waals surface area (Å²) in [6.07, 6.45) is 2.51. The topological polar surface area (TPSA) is 12.9 Å². The minimum atomic E-state index is 0.255. The number of aromatic nitrogens is 1. The molecule has 0 saturated heterocycles. The fourth-order valence-corrected chi connectivity index (χ4v) is 3.45. The molecule has 21 heavy (non-hydrogen) atoms. The Balaban J connectivity index is 2.16. The van der Waals surface area contributed by atoms with E-state index in [0.717, 1.165) is 11.4 Å². The maximum absolute atomic E-state index is 4.68. The molecule has 0 saturated carbocycles. The van der Waals surface area contributed by atoms with Gasteiger partial charge in [-0.2, -0.15) is 0 Å². The molecule has 3 rings (SSSR count). The van der Waals surface area contributed by atoms with Gasteiger partial charge in [-0.25, -0.2) is 0 Å². The first-order valence-corrected chi connectivity index (χ1v) is 7.89. The molecule has 1 aliphatic rings. The number of hydrogen-bond donors (Lipinski definition) is 0. The van der Waals surface area contributed by atoms with Crippen molar-refractivity contribution >= 4 is 0 Å². The molecule has 110 valence electrons. The van der Waals surface area contributed by atoms with Crippen molar-refractivity contribution < 1.29 is 0 Å². The third-order valence-electron chi connectivity index (χ3n) is 5.04. The Bertz CT molecular complexity index is 680. The van der Waals surface area contributed by atoms with Crippen molar-refractivity contribution in [2.45, 2.75) is 58.3 Å². The Kier molecular flexibility index (Phi) is 3.20. The molecule has 0 bridgehead atoms. The van der Waals surface area contributed by atoms with Crippen LogP contribution in [0.5, 0.6) is 0 Å². The van der Waals surface area contributed by atoms with Crippen molar-refractivity contribution in [1.82, 2.24) is 4.98 Å². The normalized spacial score (nSPS) is 19.1. The predicted molar refractivity (Wildman–Crippen MR) is 89.7 cm³/mol. The van der Waals surface area contributed by atoms with Crippen LogP contribution in [0.1, 0.15) is 57.4 Å². The van der Waals surface area contributed by atoms with Gasteiger partial charge in [0.25, 0.3) is 0 Å². The van der Waals surface area contributed by atoms with Crippen LogP contribution in [0.25, 0.3) is 11.3 Å². The summed E-state index contributed by atoms with van der Waals surface area (Å²) in [5.41, 5.74) is 6.94. The fraction of sp³-hybridized carbons (Fsp3) is 0.450. The van der Waals surface area contributed by atoms with Gasteiger partial charge in [0.05, 0.1) is 5.69 Å². The number of benzene rings is 1. The zero-order chi connectivity index (χ0) is 15.3. The molecule has 1 nitrogen and oxygen atoms in total. The smallest absolute Gasteiger partial charge is 0.0705 e. The van der Waals surface area contributed by atoms with E-state index in [4.69, 9.17) is 0 Å². The van der Waals surface area contributed by atoms with Gasteiger partial charge in [0.15, 0.2) is 0 Å². The number of hydrogen-bond acceptors (Lipinski definition) is 1. The fourth-order valence-electron chi connectivity index (χ4n) is 3.45. The quantitative estimate of drug-likeness (QED) is 0.680. The third-order valence-corrected chi connectivity index (χ3v) is 5.04. The number of fused-ring (bicyclic) bond motifs is 1. The third kappa shape index (κ3) is 2.50. The molecular formula is C20H25N. The zero-order valence-electron chi connectivity index (χ0n) is 13.8. The lowest BCUT2D eigenvalue weighted by atomic mass is 9.63. The van der Waals surface area contributed by atoms with E-state index in [9.17, 15) is 0 Å². The van der Waals surface area contributed by atoms with Gasteiger partial charge in [-0.05, 0) is 59.9 Å². The highest BCUT2D eigenvalue weighted by Gasteiger charge is 2.36. The molecule has 0 atom stereocenters. The van der Waals surface area contributed by atoms with E-state index in [1.807, 2.05) is 0 Å². The lowest BCUT2D eigenvalue weighted by Crippen LogP contribution is -2.33.